The van der Waals surface area contributed by atoms with Crippen LogP contribution in [0.2, 0.25) is 0 Å². The van der Waals surface area contributed by atoms with Crippen LogP contribution in [0.4, 0.5) is 0 Å². The standard InChI is InChI=1S/C27H27N3O5/c1-3-16-34-23-14-10-22(11-15-23)27(33)35-24-12-6-20(7-13-24)17-29-30-25(31)18-28-26(32)21-8-4-19(2)5-9-21/h4-15,17H,3,16,18H2,1-2H3,(H,28,32)(H,30,31)/b29-17-. The van der Waals surface area contributed by atoms with Crippen LogP contribution in [-0.4, -0.2) is 37.1 Å². The first-order chi connectivity index (χ1) is 16.9. The van der Waals surface area contributed by atoms with Gasteiger partial charge in [0, 0.05) is 5.56 Å². The van der Waals surface area contributed by atoms with Gasteiger partial charge in [-0.3, -0.25) is 9.59 Å². The van der Waals surface area contributed by atoms with E-state index in [0.29, 0.717) is 34.8 Å². The molecule has 0 bridgehead atoms. The third kappa shape index (κ3) is 8.12. The maximum Gasteiger partial charge on any atom is 0.343 e. The number of hydrazone groups is 1. The number of carbonyl (C=O) groups excluding carboxylic acids is 3. The molecule has 0 spiro atoms. The van der Waals surface area contributed by atoms with Crippen molar-refractivity contribution in [2.75, 3.05) is 13.2 Å². The Morgan fingerprint density at radius 1 is 0.857 bits per heavy atom. The summed E-state index contributed by atoms with van der Waals surface area (Å²) in [6.45, 7) is 4.37. The molecule has 3 aromatic carbocycles. The molecule has 0 aliphatic rings. The lowest BCUT2D eigenvalue weighted by Crippen LogP contribution is -2.34. The van der Waals surface area contributed by atoms with Crippen LogP contribution in [-0.2, 0) is 4.79 Å². The number of benzene rings is 3. The predicted molar refractivity (Wildman–Crippen MR) is 133 cm³/mol. The van der Waals surface area contributed by atoms with Crippen molar-refractivity contribution in [2.45, 2.75) is 20.3 Å². The number of esters is 1. The minimum absolute atomic E-state index is 0.204. The normalized spacial score (nSPS) is 10.6. The second-order valence-electron chi connectivity index (χ2n) is 7.67. The lowest BCUT2D eigenvalue weighted by Gasteiger charge is -2.07. The van der Waals surface area contributed by atoms with Crippen molar-refractivity contribution < 1.29 is 23.9 Å². The molecule has 0 saturated carbocycles. The summed E-state index contributed by atoms with van der Waals surface area (Å²) in [6, 6.07) is 20.4. The van der Waals surface area contributed by atoms with Crippen molar-refractivity contribution in [1.29, 1.82) is 0 Å². The van der Waals surface area contributed by atoms with Gasteiger partial charge in [0.25, 0.3) is 11.8 Å². The molecule has 0 aromatic heterocycles. The van der Waals surface area contributed by atoms with Gasteiger partial charge in [0.05, 0.1) is 24.9 Å². The number of amides is 2. The molecule has 0 heterocycles. The van der Waals surface area contributed by atoms with E-state index >= 15 is 0 Å². The molecule has 0 radical (unpaired) electrons. The van der Waals surface area contributed by atoms with Crippen LogP contribution in [0.15, 0.2) is 77.9 Å². The van der Waals surface area contributed by atoms with Crippen molar-refractivity contribution in [1.82, 2.24) is 10.7 Å². The molecule has 0 unspecified atom stereocenters. The highest BCUT2D eigenvalue weighted by molar-refractivity contribution is 5.96. The summed E-state index contributed by atoms with van der Waals surface area (Å²) in [4.78, 5) is 36.3. The van der Waals surface area contributed by atoms with Crippen molar-refractivity contribution in [3.05, 3.63) is 95.1 Å². The first kappa shape index (κ1) is 25.2. The molecule has 0 aliphatic carbocycles. The number of nitrogens with zero attached hydrogens (tertiary/aromatic N) is 1. The Morgan fingerprint density at radius 2 is 1.49 bits per heavy atom. The van der Waals surface area contributed by atoms with Crippen molar-refractivity contribution >= 4 is 24.0 Å². The summed E-state index contributed by atoms with van der Waals surface area (Å²) in [5.74, 6) is -0.198. The number of aryl methyl sites for hydroxylation is 1. The van der Waals surface area contributed by atoms with Gasteiger partial charge >= 0.3 is 5.97 Å². The van der Waals surface area contributed by atoms with Gasteiger partial charge in [-0.05, 0) is 79.6 Å². The Hall–Kier alpha value is -4.46. The van der Waals surface area contributed by atoms with Gasteiger partial charge in [-0.1, -0.05) is 24.6 Å². The van der Waals surface area contributed by atoms with Gasteiger partial charge < -0.3 is 14.8 Å². The van der Waals surface area contributed by atoms with Gasteiger partial charge in [-0.25, -0.2) is 10.2 Å². The van der Waals surface area contributed by atoms with Gasteiger partial charge in [0.1, 0.15) is 11.5 Å². The summed E-state index contributed by atoms with van der Waals surface area (Å²) in [6.07, 6.45) is 2.35. The number of hydrogen-bond donors (Lipinski definition) is 2. The molecule has 0 saturated heterocycles. The maximum absolute atomic E-state index is 12.3. The molecule has 180 valence electrons. The van der Waals surface area contributed by atoms with Crippen LogP contribution in [0.3, 0.4) is 0 Å². The van der Waals surface area contributed by atoms with Crippen molar-refractivity contribution in [2.24, 2.45) is 5.10 Å². The predicted octanol–water partition coefficient (Wildman–Crippen LogP) is 3.88. The molecule has 2 N–H and O–H groups in total. The monoisotopic (exact) mass is 473 g/mol. The SMILES string of the molecule is CCCOc1ccc(C(=O)Oc2ccc(/C=N\NC(=O)CNC(=O)c3ccc(C)cc3)cc2)cc1. The summed E-state index contributed by atoms with van der Waals surface area (Å²) in [7, 11) is 0. The fraction of sp³-hybridized carbons (Fsp3) is 0.185. The zero-order valence-corrected chi connectivity index (χ0v) is 19.6. The van der Waals surface area contributed by atoms with Crippen LogP contribution in [0.1, 0.15) is 45.2 Å². The first-order valence-electron chi connectivity index (χ1n) is 11.2. The van der Waals surface area contributed by atoms with E-state index in [1.165, 1.54) is 6.21 Å². The fourth-order valence-corrected chi connectivity index (χ4v) is 2.88. The summed E-state index contributed by atoms with van der Waals surface area (Å²) in [5, 5.41) is 6.41. The smallest absolute Gasteiger partial charge is 0.343 e. The van der Waals surface area contributed by atoms with E-state index in [4.69, 9.17) is 9.47 Å². The quantitative estimate of drug-likeness (QED) is 0.201. The number of hydrogen-bond acceptors (Lipinski definition) is 6. The minimum Gasteiger partial charge on any atom is -0.494 e. The molecule has 3 aromatic rings. The lowest BCUT2D eigenvalue weighted by atomic mass is 10.1. The van der Waals surface area contributed by atoms with Crippen LogP contribution in [0.25, 0.3) is 0 Å². The van der Waals surface area contributed by atoms with E-state index in [1.54, 1.807) is 60.7 Å². The zero-order valence-electron chi connectivity index (χ0n) is 19.6. The topological polar surface area (TPSA) is 106 Å². The summed E-state index contributed by atoms with van der Waals surface area (Å²) in [5.41, 5.74) is 4.97. The second-order valence-corrected chi connectivity index (χ2v) is 7.67. The summed E-state index contributed by atoms with van der Waals surface area (Å²) < 4.78 is 10.9. The summed E-state index contributed by atoms with van der Waals surface area (Å²) >= 11 is 0. The van der Waals surface area contributed by atoms with Crippen LogP contribution >= 0.6 is 0 Å². The number of carbonyl (C=O) groups is 3. The van der Waals surface area contributed by atoms with E-state index in [0.717, 1.165) is 12.0 Å². The average Bonchev–Trinajstić information content (AvgIpc) is 2.87. The zero-order chi connectivity index (χ0) is 25.0. The molecule has 8 nitrogen and oxygen atoms in total. The molecular weight excluding hydrogens is 446 g/mol. The molecule has 35 heavy (non-hydrogen) atoms. The Morgan fingerprint density at radius 3 is 2.14 bits per heavy atom. The van der Waals surface area contributed by atoms with E-state index in [2.05, 4.69) is 15.8 Å². The van der Waals surface area contributed by atoms with E-state index in [9.17, 15) is 14.4 Å². The molecular formula is C27H27N3O5. The Kier molecular flexibility index (Phi) is 9.13. The molecule has 0 aliphatic heterocycles. The average molecular weight is 474 g/mol. The Balaban J connectivity index is 1.43. The van der Waals surface area contributed by atoms with Crippen LogP contribution in [0, 0.1) is 6.92 Å². The number of nitrogens with one attached hydrogen (secondary N) is 2. The lowest BCUT2D eigenvalue weighted by molar-refractivity contribution is -0.120. The maximum atomic E-state index is 12.3. The molecule has 3 rings (SSSR count). The third-order valence-corrected chi connectivity index (χ3v) is 4.78. The highest BCUT2D eigenvalue weighted by Gasteiger charge is 2.09. The van der Waals surface area contributed by atoms with E-state index < -0.39 is 11.9 Å². The van der Waals surface area contributed by atoms with Gasteiger partial charge in [0.15, 0.2) is 0 Å². The van der Waals surface area contributed by atoms with E-state index in [1.807, 2.05) is 26.0 Å². The molecule has 2 amide bonds. The van der Waals surface area contributed by atoms with Gasteiger partial charge in [-0.15, -0.1) is 0 Å². The van der Waals surface area contributed by atoms with Crippen molar-refractivity contribution in [3.8, 4) is 11.5 Å². The molecule has 0 atom stereocenters. The first-order valence-corrected chi connectivity index (χ1v) is 11.2. The van der Waals surface area contributed by atoms with E-state index in [-0.39, 0.29) is 12.5 Å². The highest BCUT2D eigenvalue weighted by atomic mass is 16.5. The molecule has 8 heteroatoms. The minimum atomic E-state index is -0.478. The Labute approximate surface area is 204 Å². The van der Waals surface area contributed by atoms with Crippen molar-refractivity contribution in [3.63, 3.8) is 0 Å². The Bertz CT molecular complexity index is 1170. The number of rotatable bonds is 10. The second kappa shape index (κ2) is 12.7. The largest absolute Gasteiger partial charge is 0.494 e. The van der Waals surface area contributed by atoms with Crippen LogP contribution < -0.4 is 20.2 Å². The van der Waals surface area contributed by atoms with Gasteiger partial charge in [-0.2, -0.15) is 5.10 Å². The molecule has 0 fully saturated rings. The third-order valence-electron chi connectivity index (χ3n) is 4.78. The fourth-order valence-electron chi connectivity index (χ4n) is 2.88. The highest BCUT2D eigenvalue weighted by Crippen LogP contribution is 2.16. The van der Waals surface area contributed by atoms with Gasteiger partial charge in [0.2, 0.25) is 0 Å². The van der Waals surface area contributed by atoms with Crippen LogP contribution in [0.5, 0.6) is 11.5 Å². The number of ether oxygens (including phenoxy) is 2.